The Balaban J connectivity index is 0. The van der Waals surface area contributed by atoms with E-state index in [1.165, 1.54) is 6.04 Å². The summed E-state index contributed by atoms with van der Waals surface area (Å²) in [5.41, 5.74) is 0. The summed E-state index contributed by atoms with van der Waals surface area (Å²) in [5, 5.41) is 0. The Labute approximate surface area is 49.0 Å². The normalized spacial score (nSPS) is 10.3. The van der Waals surface area contributed by atoms with Gasteiger partial charge in [0.05, 0.1) is 0 Å². The first-order chi connectivity index (χ1) is 2.56. The Bertz CT molecular complexity index is 33.9. The van der Waals surface area contributed by atoms with Gasteiger partial charge >= 0.3 is 0 Å². The Hall–Kier alpha value is 0.217. The minimum Gasteiger partial charge on any atom is -0.0776 e. The number of rotatable bonds is 1. The summed E-state index contributed by atoms with van der Waals surface area (Å²) in [6.45, 7) is 9.42. The van der Waals surface area contributed by atoms with E-state index in [0.29, 0.717) is 0 Å². The molecular formula is C6H18Si. The van der Waals surface area contributed by atoms with E-state index in [9.17, 15) is 0 Å². The van der Waals surface area contributed by atoms with Gasteiger partial charge in [0.15, 0.2) is 0 Å². The maximum absolute atomic E-state index is 2.38. The molecule has 0 amide bonds. The summed E-state index contributed by atoms with van der Waals surface area (Å²) < 4.78 is 0. The molecule has 0 rings (SSSR count). The van der Waals surface area contributed by atoms with Gasteiger partial charge in [0, 0.05) is 8.07 Å². The molecule has 7 heavy (non-hydrogen) atoms. The lowest BCUT2D eigenvalue weighted by Crippen LogP contribution is -2.16. The Morgan fingerprint density at radius 2 is 1.29 bits per heavy atom. The zero-order valence-electron chi connectivity index (χ0n) is 5.21. The van der Waals surface area contributed by atoms with E-state index in [0.717, 1.165) is 0 Å². The maximum atomic E-state index is 2.38. The van der Waals surface area contributed by atoms with Crippen molar-refractivity contribution in [1.82, 2.24) is 0 Å². The fraction of sp³-hybridized carbons (Fsp3) is 1.00. The first-order valence-corrected chi connectivity index (χ1v) is 6.27. The Kier molecular flexibility index (Phi) is 4.76. The molecule has 0 saturated carbocycles. The molecule has 0 heterocycles. The molecule has 0 aromatic carbocycles. The highest BCUT2D eigenvalue weighted by molar-refractivity contribution is 6.75. The van der Waals surface area contributed by atoms with Crippen LogP contribution in [0.5, 0.6) is 0 Å². The van der Waals surface area contributed by atoms with Gasteiger partial charge in [-0.2, -0.15) is 0 Å². The highest BCUT2D eigenvalue weighted by Gasteiger charge is 2.06. The standard InChI is InChI=1S/C5H14Si.CH4/c1-5-6(2,3)4;/h5H2,1-4H3;1H4. The van der Waals surface area contributed by atoms with E-state index in [2.05, 4.69) is 26.6 Å². The third-order valence-electron chi connectivity index (χ3n) is 1.06. The van der Waals surface area contributed by atoms with E-state index < -0.39 is 8.07 Å². The highest BCUT2D eigenvalue weighted by atomic mass is 28.3. The monoisotopic (exact) mass is 118 g/mol. The van der Waals surface area contributed by atoms with Crippen LogP contribution in [-0.4, -0.2) is 8.07 Å². The Morgan fingerprint density at radius 3 is 1.29 bits per heavy atom. The molecule has 46 valence electrons. The van der Waals surface area contributed by atoms with Crippen molar-refractivity contribution >= 4 is 8.07 Å². The van der Waals surface area contributed by atoms with Crippen LogP contribution in [0.2, 0.25) is 25.7 Å². The minimum atomic E-state index is -0.631. The fourth-order valence-electron chi connectivity index (χ4n) is 0. The van der Waals surface area contributed by atoms with Gasteiger partial charge in [0.2, 0.25) is 0 Å². The molecule has 0 nitrogen and oxygen atoms in total. The molecule has 0 saturated heterocycles. The van der Waals surface area contributed by atoms with Gasteiger partial charge in [-0.05, 0) is 0 Å². The fourth-order valence-corrected chi connectivity index (χ4v) is 0. The van der Waals surface area contributed by atoms with Gasteiger partial charge in [-0.25, -0.2) is 0 Å². The molecule has 0 atom stereocenters. The molecule has 0 aliphatic carbocycles. The zero-order chi connectivity index (χ0) is 5.21. The van der Waals surface area contributed by atoms with E-state index in [-0.39, 0.29) is 7.43 Å². The molecule has 0 spiro atoms. The molecular weight excluding hydrogens is 100 g/mol. The molecule has 0 aliphatic heterocycles. The first-order valence-electron chi connectivity index (χ1n) is 2.56. The van der Waals surface area contributed by atoms with Crippen molar-refractivity contribution in [3.63, 3.8) is 0 Å². The van der Waals surface area contributed by atoms with Crippen LogP contribution in [0.3, 0.4) is 0 Å². The van der Waals surface area contributed by atoms with Gasteiger partial charge in [0.25, 0.3) is 0 Å². The second-order valence-corrected chi connectivity index (χ2v) is 8.74. The highest BCUT2D eigenvalue weighted by Crippen LogP contribution is 2.04. The molecule has 0 aromatic heterocycles. The summed E-state index contributed by atoms with van der Waals surface area (Å²) in [4.78, 5) is 0. The van der Waals surface area contributed by atoms with Gasteiger partial charge in [-0.3, -0.25) is 0 Å². The van der Waals surface area contributed by atoms with E-state index in [1.807, 2.05) is 0 Å². The maximum Gasteiger partial charge on any atom is 0.0439 e. The molecule has 0 bridgehead atoms. The van der Waals surface area contributed by atoms with Crippen LogP contribution in [0.15, 0.2) is 0 Å². The number of hydrogen-bond donors (Lipinski definition) is 0. The average Bonchev–Trinajstić information content (AvgIpc) is 1.35. The van der Waals surface area contributed by atoms with Gasteiger partial charge in [-0.15, -0.1) is 0 Å². The molecule has 0 radical (unpaired) electrons. The lowest BCUT2D eigenvalue weighted by molar-refractivity contribution is 1.36. The van der Waals surface area contributed by atoms with E-state index in [1.54, 1.807) is 0 Å². The van der Waals surface area contributed by atoms with E-state index >= 15 is 0 Å². The molecule has 1 heteroatoms. The van der Waals surface area contributed by atoms with Crippen molar-refractivity contribution in [3.8, 4) is 0 Å². The van der Waals surface area contributed by atoms with Gasteiger partial charge in [-0.1, -0.05) is 40.0 Å². The summed E-state index contributed by atoms with van der Waals surface area (Å²) in [7, 11) is -0.631. The molecule has 0 aromatic rings. The van der Waals surface area contributed by atoms with Crippen molar-refractivity contribution in [1.29, 1.82) is 0 Å². The predicted molar refractivity (Wildman–Crippen MR) is 40.6 cm³/mol. The van der Waals surface area contributed by atoms with Crippen LogP contribution < -0.4 is 0 Å². The van der Waals surface area contributed by atoms with Crippen molar-refractivity contribution in [2.45, 2.75) is 40.0 Å². The van der Waals surface area contributed by atoms with Crippen molar-refractivity contribution in [3.05, 3.63) is 0 Å². The molecule has 0 aliphatic rings. The minimum absolute atomic E-state index is 0. The number of hydrogen-bond acceptors (Lipinski definition) is 0. The summed E-state index contributed by atoms with van der Waals surface area (Å²) in [6.07, 6.45) is 0. The molecule has 0 unspecified atom stereocenters. The molecule has 0 fully saturated rings. The van der Waals surface area contributed by atoms with Crippen molar-refractivity contribution in [2.75, 3.05) is 0 Å². The average molecular weight is 118 g/mol. The SMILES string of the molecule is C.CC[Si](C)(C)C. The quantitative estimate of drug-likeness (QED) is 0.464. The first kappa shape index (κ1) is 10.2. The lowest BCUT2D eigenvalue weighted by atomic mass is 11.0. The molecule has 0 N–H and O–H groups in total. The topological polar surface area (TPSA) is 0 Å². The predicted octanol–water partition coefficient (Wildman–Crippen LogP) is 2.98. The largest absolute Gasteiger partial charge is 0.0776 e. The second kappa shape index (κ2) is 3.25. The van der Waals surface area contributed by atoms with E-state index in [4.69, 9.17) is 0 Å². The van der Waals surface area contributed by atoms with Crippen LogP contribution in [0, 0.1) is 0 Å². The third kappa shape index (κ3) is 10.7. The Morgan fingerprint density at radius 1 is 1.14 bits per heavy atom. The van der Waals surface area contributed by atoms with Crippen LogP contribution in [0.4, 0.5) is 0 Å². The van der Waals surface area contributed by atoms with Crippen molar-refractivity contribution < 1.29 is 0 Å². The summed E-state index contributed by atoms with van der Waals surface area (Å²) in [5.74, 6) is 0. The third-order valence-corrected chi connectivity index (χ3v) is 3.18. The summed E-state index contributed by atoms with van der Waals surface area (Å²) in [6, 6.07) is 1.41. The summed E-state index contributed by atoms with van der Waals surface area (Å²) >= 11 is 0. The lowest BCUT2D eigenvalue weighted by Gasteiger charge is -2.09. The van der Waals surface area contributed by atoms with Gasteiger partial charge < -0.3 is 0 Å². The van der Waals surface area contributed by atoms with Crippen LogP contribution >= 0.6 is 0 Å². The van der Waals surface area contributed by atoms with Crippen LogP contribution in [-0.2, 0) is 0 Å². The van der Waals surface area contributed by atoms with Gasteiger partial charge in [0.1, 0.15) is 0 Å². The zero-order valence-corrected chi connectivity index (χ0v) is 6.21. The van der Waals surface area contributed by atoms with Crippen molar-refractivity contribution in [2.24, 2.45) is 0 Å². The van der Waals surface area contributed by atoms with Crippen LogP contribution in [0.1, 0.15) is 14.4 Å². The second-order valence-electron chi connectivity index (χ2n) is 2.91. The van der Waals surface area contributed by atoms with Crippen LogP contribution in [0.25, 0.3) is 0 Å². The smallest absolute Gasteiger partial charge is 0.0439 e.